The molecule has 0 aromatic carbocycles. The molecule has 1 N–H and O–H groups in total. The van der Waals surface area contributed by atoms with E-state index in [4.69, 9.17) is 4.74 Å². The minimum Gasteiger partial charge on any atom is -0.381 e. The second kappa shape index (κ2) is 4.28. The van der Waals surface area contributed by atoms with Crippen LogP contribution in [0.5, 0.6) is 0 Å². The normalized spacial score (nSPS) is 25.6. The van der Waals surface area contributed by atoms with Gasteiger partial charge in [-0.3, -0.25) is 4.98 Å². The lowest BCUT2D eigenvalue weighted by molar-refractivity contribution is 0.0328. The molecule has 14 heavy (non-hydrogen) atoms. The van der Waals surface area contributed by atoms with Crippen LogP contribution >= 0.6 is 15.9 Å². The standard InChI is InChI=1S/C10H13BrN2O/c1-14-8-4-7(5-8)13-10-2-3-12-6-9(10)11/h2-3,6-8H,4-5H2,1H3,(H,12,13). The smallest absolute Gasteiger partial charge is 0.0610 e. The molecule has 1 aromatic heterocycles. The van der Waals surface area contributed by atoms with Crippen molar-refractivity contribution in [3.63, 3.8) is 0 Å². The fraction of sp³-hybridized carbons (Fsp3) is 0.500. The number of methoxy groups -OCH3 is 1. The van der Waals surface area contributed by atoms with Crippen molar-refractivity contribution in [2.75, 3.05) is 12.4 Å². The van der Waals surface area contributed by atoms with Crippen molar-refractivity contribution in [2.45, 2.75) is 25.0 Å². The fourth-order valence-electron chi connectivity index (χ4n) is 1.59. The molecule has 0 saturated heterocycles. The molecule has 4 heteroatoms. The van der Waals surface area contributed by atoms with Gasteiger partial charge in [-0.05, 0) is 34.8 Å². The highest BCUT2D eigenvalue weighted by molar-refractivity contribution is 9.10. The molecular formula is C10H13BrN2O. The van der Waals surface area contributed by atoms with Crippen LogP contribution in [-0.2, 0) is 4.74 Å². The van der Waals surface area contributed by atoms with E-state index >= 15 is 0 Å². The SMILES string of the molecule is COC1CC(Nc2ccncc2Br)C1. The Bertz CT molecular complexity index is 313. The van der Waals surface area contributed by atoms with Crippen molar-refractivity contribution in [1.29, 1.82) is 0 Å². The zero-order valence-corrected chi connectivity index (χ0v) is 9.62. The van der Waals surface area contributed by atoms with E-state index in [1.807, 2.05) is 6.07 Å². The molecule has 1 saturated carbocycles. The molecule has 3 nitrogen and oxygen atoms in total. The molecule has 0 unspecified atom stereocenters. The van der Waals surface area contributed by atoms with Crippen LogP contribution in [0.4, 0.5) is 5.69 Å². The number of halogens is 1. The van der Waals surface area contributed by atoms with Gasteiger partial charge in [-0.25, -0.2) is 0 Å². The molecule has 1 heterocycles. The summed E-state index contributed by atoms with van der Waals surface area (Å²) < 4.78 is 6.23. The van der Waals surface area contributed by atoms with Crippen LogP contribution in [-0.4, -0.2) is 24.2 Å². The lowest BCUT2D eigenvalue weighted by Crippen LogP contribution is -2.40. The molecule has 76 valence electrons. The molecular weight excluding hydrogens is 244 g/mol. The second-order valence-corrected chi connectivity index (χ2v) is 4.38. The van der Waals surface area contributed by atoms with Crippen LogP contribution in [0, 0.1) is 0 Å². The molecule has 1 aliphatic rings. The monoisotopic (exact) mass is 256 g/mol. The Morgan fingerprint density at radius 1 is 1.57 bits per heavy atom. The van der Waals surface area contributed by atoms with Gasteiger partial charge in [0.2, 0.25) is 0 Å². The number of anilines is 1. The van der Waals surface area contributed by atoms with Crippen molar-refractivity contribution in [3.05, 3.63) is 22.9 Å². The van der Waals surface area contributed by atoms with E-state index in [1.165, 1.54) is 0 Å². The van der Waals surface area contributed by atoms with Crippen molar-refractivity contribution in [3.8, 4) is 0 Å². The van der Waals surface area contributed by atoms with Crippen molar-refractivity contribution in [2.24, 2.45) is 0 Å². The summed E-state index contributed by atoms with van der Waals surface area (Å²) in [5.74, 6) is 0. The molecule has 0 aliphatic heterocycles. The quantitative estimate of drug-likeness (QED) is 0.903. The number of nitrogens with one attached hydrogen (secondary N) is 1. The first-order valence-corrected chi connectivity index (χ1v) is 5.47. The Hall–Kier alpha value is -0.610. The average Bonchev–Trinajstić information content (AvgIpc) is 2.13. The summed E-state index contributed by atoms with van der Waals surface area (Å²) in [5, 5.41) is 3.44. The highest BCUT2D eigenvalue weighted by Gasteiger charge is 2.28. The molecule has 0 bridgehead atoms. The third-order valence-corrected chi connectivity index (χ3v) is 3.19. The minimum atomic E-state index is 0.438. The fourth-order valence-corrected chi connectivity index (χ4v) is 1.95. The molecule has 0 spiro atoms. The van der Waals surface area contributed by atoms with E-state index in [0.717, 1.165) is 23.0 Å². The van der Waals surface area contributed by atoms with Gasteiger partial charge in [0, 0.05) is 25.5 Å². The van der Waals surface area contributed by atoms with Crippen molar-refractivity contribution >= 4 is 21.6 Å². The summed E-state index contributed by atoms with van der Waals surface area (Å²) in [7, 11) is 1.77. The third kappa shape index (κ3) is 2.07. The zero-order chi connectivity index (χ0) is 9.97. The second-order valence-electron chi connectivity index (χ2n) is 3.53. The van der Waals surface area contributed by atoms with Crippen LogP contribution in [0.15, 0.2) is 22.9 Å². The van der Waals surface area contributed by atoms with Crippen LogP contribution < -0.4 is 5.32 Å². The number of rotatable bonds is 3. The average molecular weight is 257 g/mol. The number of ether oxygens (including phenoxy) is 1. The first-order valence-electron chi connectivity index (χ1n) is 4.68. The maximum Gasteiger partial charge on any atom is 0.0610 e. The largest absolute Gasteiger partial charge is 0.381 e. The van der Waals surface area contributed by atoms with Crippen LogP contribution in [0.25, 0.3) is 0 Å². The van der Waals surface area contributed by atoms with Crippen LogP contribution in [0.1, 0.15) is 12.8 Å². The van der Waals surface area contributed by atoms with E-state index in [0.29, 0.717) is 12.1 Å². The van der Waals surface area contributed by atoms with Gasteiger partial charge < -0.3 is 10.1 Å². The summed E-state index contributed by atoms with van der Waals surface area (Å²) in [5.41, 5.74) is 1.11. The molecule has 2 rings (SSSR count). The highest BCUT2D eigenvalue weighted by atomic mass is 79.9. The van der Waals surface area contributed by atoms with Gasteiger partial charge >= 0.3 is 0 Å². The molecule has 0 radical (unpaired) electrons. The van der Waals surface area contributed by atoms with E-state index in [9.17, 15) is 0 Å². The zero-order valence-electron chi connectivity index (χ0n) is 8.03. The number of pyridine rings is 1. The summed E-state index contributed by atoms with van der Waals surface area (Å²) in [6.07, 6.45) is 6.21. The van der Waals surface area contributed by atoms with Gasteiger partial charge in [-0.15, -0.1) is 0 Å². The van der Waals surface area contributed by atoms with E-state index < -0.39 is 0 Å². The van der Waals surface area contributed by atoms with Gasteiger partial charge in [-0.1, -0.05) is 0 Å². The summed E-state index contributed by atoms with van der Waals surface area (Å²) in [6, 6.07) is 2.52. The number of hydrogen-bond donors (Lipinski definition) is 1. The maximum atomic E-state index is 5.22. The molecule has 0 atom stereocenters. The maximum absolute atomic E-state index is 5.22. The number of hydrogen-bond acceptors (Lipinski definition) is 3. The highest BCUT2D eigenvalue weighted by Crippen LogP contribution is 2.29. The summed E-state index contributed by atoms with van der Waals surface area (Å²) in [6.45, 7) is 0. The lowest BCUT2D eigenvalue weighted by atomic mass is 9.89. The van der Waals surface area contributed by atoms with Gasteiger partial charge in [-0.2, -0.15) is 0 Å². The van der Waals surface area contributed by atoms with Crippen molar-refractivity contribution in [1.82, 2.24) is 4.98 Å². The predicted octanol–water partition coefficient (Wildman–Crippen LogP) is 2.43. The topological polar surface area (TPSA) is 34.1 Å². The van der Waals surface area contributed by atoms with Gasteiger partial charge in [0.15, 0.2) is 0 Å². The summed E-state index contributed by atoms with van der Waals surface area (Å²) >= 11 is 3.45. The van der Waals surface area contributed by atoms with Gasteiger partial charge in [0.1, 0.15) is 0 Å². The summed E-state index contributed by atoms with van der Waals surface area (Å²) in [4.78, 5) is 4.02. The van der Waals surface area contributed by atoms with Gasteiger partial charge in [0.25, 0.3) is 0 Å². The number of nitrogens with zero attached hydrogens (tertiary/aromatic N) is 1. The Morgan fingerprint density at radius 3 is 3.00 bits per heavy atom. The molecule has 1 aliphatic carbocycles. The van der Waals surface area contributed by atoms with E-state index in [1.54, 1.807) is 19.5 Å². The first kappa shape index (κ1) is 9.93. The van der Waals surface area contributed by atoms with Crippen LogP contribution in [0.2, 0.25) is 0 Å². The minimum absolute atomic E-state index is 0.438. The third-order valence-electron chi connectivity index (χ3n) is 2.56. The Balaban J connectivity index is 1.90. The Kier molecular flexibility index (Phi) is 3.03. The van der Waals surface area contributed by atoms with E-state index in [2.05, 4.69) is 26.2 Å². The Morgan fingerprint density at radius 2 is 2.36 bits per heavy atom. The molecule has 1 aromatic rings. The lowest BCUT2D eigenvalue weighted by Gasteiger charge is -2.35. The molecule has 1 fully saturated rings. The predicted molar refractivity (Wildman–Crippen MR) is 59.4 cm³/mol. The van der Waals surface area contributed by atoms with Gasteiger partial charge in [0.05, 0.1) is 16.3 Å². The first-order chi connectivity index (χ1) is 6.79. The molecule has 0 amide bonds. The van der Waals surface area contributed by atoms with E-state index in [-0.39, 0.29) is 0 Å². The van der Waals surface area contributed by atoms with Crippen molar-refractivity contribution < 1.29 is 4.74 Å². The Labute approximate surface area is 92.0 Å². The van der Waals surface area contributed by atoms with Crippen LogP contribution in [0.3, 0.4) is 0 Å². The number of aromatic nitrogens is 1.